The zero-order valence-electron chi connectivity index (χ0n) is 9.37. The first-order chi connectivity index (χ1) is 8.43. The van der Waals surface area contributed by atoms with Gasteiger partial charge in [-0.25, -0.2) is 0 Å². The molecule has 0 unspecified atom stereocenters. The predicted octanol–water partition coefficient (Wildman–Crippen LogP) is 0.780. The monoisotopic (exact) mass is 248 g/mol. The number of nitro benzene ring substituents is 1. The van der Waals surface area contributed by atoms with Crippen molar-refractivity contribution in [2.24, 2.45) is 0 Å². The number of nitro groups is 1. The Bertz CT molecular complexity index is 593. The molecule has 1 aromatic rings. The lowest BCUT2D eigenvalue weighted by Gasteiger charge is -2.10. The number of carbonyl (C=O) groups excluding carboxylic acids is 3. The summed E-state index contributed by atoms with van der Waals surface area (Å²) in [5.74, 6) is -1.83. The van der Waals surface area contributed by atoms with Crippen LogP contribution in [0.5, 0.6) is 0 Å². The second kappa shape index (κ2) is 4.02. The SMILES string of the molecule is CC(=O)CN1C(=O)c2cccc([N+](=O)[O-])c2C1=O. The summed E-state index contributed by atoms with van der Waals surface area (Å²) >= 11 is 0. The van der Waals surface area contributed by atoms with Gasteiger partial charge in [-0.1, -0.05) is 6.07 Å². The molecular formula is C11H8N2O5. The highest BCUT2D eigenvalue weighted by Crippen LogP contribution is 2.30. The van der Waals surface area contributed by atoms with E-state index in [2.05, 4.69) is 0 Å². The Hall–Kier alpha value is -2.57. The van der Waals surface area contributed by atoms with Crippen molar-refractivity contribution < 1.29 is 19.3 Å². The standard InChI is InChI=1S/C11H8N2O5/c1-6(14)5-12-10(15)7-3-2-4-8(13(17)18)9(7)11(12)16/h2-4H,5H2,1H3. The normalized spacial score (nSPS) is 13.7. The zero-order chi connectivity index (χ0) is 13.4. The first-order valence-corrected chi connectivity index (χ1v) is 5.06. The Morgan fingerprint density at radius 3 is 2.56 bits per heavy atom. The Kier molecular flexibility index (Phi) is 2.66. The molecule has 7 heteroatoms. The van der Waals surface area contributed by atoms with Crippen LogP contribution in [-0.4, -0.2) is 34.0 Å². The average molecular weight is 248 g/mol. The number of ketones is 1. The van der Waals surface area contributed by atoms with Crippen LogP contribution in [0.15, 0.2) is 18.2 Å². The average Bonchev–Trinajstić information content (AvgIpc) is 2.54. The molecule has 0 bridgehead atoms. The lowest BCUT2D eigenvalue weighted by atomic mass is 10.1. The number of amides is 2. The number of carbonyl (C=O) groups is 3. The predicted molar refractivity (Wildman–Crippen MR) is 59.1 cm³/mol. The molecule has 1 heterocycles. The molecule has 0 aromatic heterocycles. The largest absolute Gasteiger partial charge is 0.298 e. The maximum Gasteiger partial charge on any atom is 0.282 e. The topological polar surface area (TPSA) is 97.6 Å². The van der Waals surface area contributed by atoms with Crippen molar-refractivity contribution in [3.05, 3.63) is 39.4 Å². The molecule has 0 aliphatic carbocycles. The first-order valence-electron chi connectivity index (χ1n) is 5.06. The van der Waals surface area contributed by atoms with Crippen molar-refractivity contribution in [2.45, 2.75) is 6.92 Å². The van der Waals surface area contributed by atoms with E-state index >= 15 is 0 Å². The second-order valence-corrected chi connectivity index (χ2v) is 3.86. The number of hydrogen-bond donors (Lipinski definition) is 0. The molecule has 92 valence electrons. The van der Waals surface area contributed by atoms with Gasteiger partial charge in [-0.05, 0) is 13.0 Å². The van der Waals surface area contributed by atoms with Gasteiger partial charge in [0.15, 0.2) is 0 Å². The molecule has 0 radical (unpaired) electrons. The molecule has 7 nitrogen and oxygen atoms in total. The molecule has 1 aliphatic rings. The van der Waals surface area contributed by atoms with Gasteiger partial charge in [0, 0.05) is 6.07 Å². The smallest absolute Gasteiger partial charge is 0.282 e. The summed E-state index contributed by atoms with van der Waals surface area (Å²) < 4.78 is 0. The molecule has 0 saturated carbocycles. The Balaban J connectivity index is 2.55. The van der Waals surface area contributed by atoms with E-state index in [0.29, 0.717) is 0 Å². The number of Topliss-reactive ketones (excluding diaryl/α,β-unsaturated/α-hetero) is 1. The maximum absolute atomic E-state index is 11.9. The quantitative estimate of drug-likeness (QED) is 0.447. The van der Waals surface area contributed by atoms with Gasteiger partial charge in [0.1, 0.15) is 11.3 Å². The molecule has 0 saturated heterocycles. The molecule has 2 rings (SSSR count). The fourth-order valence-electron chi connectivity index (χ4n) is 1.83. The van der Waals surface area contributed by atoms with Crippen molar-refractivity contribution >= 4 is 23.3 Å². The van der Waals surface area contributed by atoms with Crippen LogP contribution in [0.1, 0.15) is 27.6 Å². The van der Waals surface area contributed by atoms with Gasteiger partial charge >= 0.3 is 0 Å². The Labute approximate surface area is 101 Å². The molecule has 1 aromatic carbocycles. The third kappa shape index (κ3) is 1.65. The minimum atomic E-state index is -0.794. The summed E-state index contributed by atoms with van der Waals surface area (Å²) in [7, 11) is 0. The van der Waals surface area contributed by atoms with E-state index in [-0.39, 0.29) is 23.5 Å². The number of nitrogens with zero attached hydrogens (tertiary/aromatic N) is 2. The van der Waals surface area contributed by atoms with Gasteiger partial charge in [-0.15, -0.1) is 0 Å². The van der Waals surface area contributed by atoms with E-state index in [4.69, 9.17) is 0 Å². The zero-order valence-corrected chi connectivity index (χ0v) is 9.37. The van der Waals surface area contributed by atoms with Gasteiger partial charge in [0.05, 0.1) is 17.0 Å². The number of hydrogen-bond acceptors (Lipinski definition) is 5. The molecular weight excluding hydrogens is 240 g/mol. The minimum absolute atomic E-state index is 0.0320. The molecule has 0 atom stereocenters. The van der Waals surface area contributed by atoms with Crippen molar-refractivity contribution in [1.82, 2.24) is 4.90 Å². The lowest BCUT2D eigenvalue weighted by Crippen LogP contribution is -2.34. The van der Waals surface area contributed by atoms with Gasteiger partial charge < -0.3 is 0 Å². The van der Waals surface area contributed by atoms with Gasteiger partial charge in [0.2, 0.25) is 0 Å². The van der Waals surface area contributed by atoms with E-state index < -0.39 is 22.4 Å². The number of fused-ring (bicyclic) bond motifs is 1. The molecule has 1 aliphatic heterocycles. The summed E-state index contributed by atoms with van der Waals surface area (Å²) in [6, 6.07) is 3.82. The highest BCUT2D eigenvalue weighted by Gasteiger charge is 2.41. The summed E-state index contributed by atoms with van der Waals surface area (Å²) in [6.45, 7) is 0.863. The molecule has 18 heavy (non-hydrogen) atoms. The summed E-state index contributed by atoms with van der Waals surface area (Å²) in [5.41, 5.74) is -0.693. The molecule has 0 fully saturated rings. The van der Waals surface area contributed by atoms with E-state index in [1.54, 1.807) is 0 Å². The van der Waals surface area contributed by atoms with Crippen molar-refractivity contribution in [2.75, 3.05) is 6.54 Å². The van der Waals surface area contributed by atoms with Crippen LogP contribution in [0.25, 0.3) is 0 Å². The fourth-order valence-corrected chi connectivity index (χ4v) is 1.83. The number of benzene rings is 1. The second-order valence-electron chi connectivity index (χ2n) is 3.86. The minimum Gasteiger partial charge on any atom is -0.298 e. The lowest BCUT2D eigenvalue weighted by molar-refractivity contribution is -0.385. The van der Waals surface area contributed by atoms with Crippen molar-refractivity contribution in [1.29, 1.82) is 0 Å². The molecule has 2 amide bonds. The highest BCUT2D eigenvalue weighted by molar-refractivity contribution is 6.24. The third-order valence-electron chi connectivity index (χ3n) is 2.55. The summed E-state index contributed by atoms with van der Waals surface area (Å²) in [5, 5.41) is 10.8. The van der Waals surface area contributed by atoms with Crippen LogP contribution in [0.3, 0.4) is 0 Å². The van der Waals surface area contributed by atoms with E-state index in [1.807, 2.05) is 0 Å². The Morgan fingerprint density at radius 2 is 2.00 bits per heavy atom. The van der Waals surface area contributed by atoms with Crippen molar-refractivity contribution in [3.8, 4) is 0 Å². The summed E-state index contributed by atoms with van der Waals surface area (Å²) in [4.78, 5) is 45.5. The summed E-state index contributed by atoms with van der Waals surface area (Å²) in [6.07, 6.45) is 0. The van der Waals surface area contributed by atoms with Crippen LogP contribution in [0.2, 0.25) is 0 Å². The maximum atomic E-state index is 11.9. The van der Waals surface area contributed by atoms with Gasteiger partial charge in [-0.3, -0.25) is 29.4 Å². The van der Waals surface area contributed by atoms with E-state index in [0.717, 1.165) is 11.0 Å². The van der Waals surface area contributed by atoms with Gasteiger partial charge in [0.25, 0.3) is 17.5 Å². The van der Waals surface area contributed by atoms with Crippen LogP contribution in [0, 0.1) is 10.1 Å². The van der Waals surface area contributed by atoms with E-state index in [1.165, 1.54) is 19.1 Å². The van der Waals surface area contributed by atoms with Crippen LogP contribution < -0.4 is 0 Å². The highest BCUT2D eigenvalue weighted by atomic mass is 16.6. The van der Waals surface area contributed by atoms with Crippen LogP contribution in [-0.2, 0) is 4.79 Å². The molecule has 0 spiro atoms. The third-order valence-corrected chi connectivity index (χ3v) is 2.55. The molecule has 0 N–H and O–H groups in total. The van der Waals surface area contributed by atoms with Crippen molar-refractivity contribution in [3.63, 3.8) is 0 Å². The van der Waals surface area contributed by atoms with E-state index in [9.17, 15) is 24.5 Å². The van der Waals surface area contributed by atoms with Crippen LogP contribution in [0.4, 0.5) is 5.69 Å². The number of rotatable bonds is 3. The first kappa shape index (κ1) is 11.9. The van der Waals surface area contributed by atoms with Crippen LogP contribution >= 0.6 is 0 Å². The Morgan fingerprint density at radius 1 is 1.33 bits per heavy atom. The fraction of sp³-hybridized carbons (Fsp3) is 0.182. The van der Waals surface area contributed by atoms with Gasteiger partial charge in [-0.2, -0.15) is 0 Å². The number of imide groups is 1.